The van der Waals surface area contributed by atoms with Gasteiger partial charge in [0.05, 0.1) is 10.2 Å². The molecule has 2 aromatic rings. The summed E-state index contributed by atoms with van der Waals surface area (Å²) in [6, 6.07) is 10.1. The standard InChI is InChI=1S/C18H17Br2NO/c1-4-7-22-18-14(9-15(19)10-17(18)20)11-21-16-6-5-12(2)13(3)8-16/h4-6,8-11H,1,7H2,2-3H3. The summed E-state index contributed by atoms with van der Waals surface area (Å²) < 4.78 is 7.57. The maximum Gasteiger partial charge on any atom is 0.142 e. The summed E-state index contributed by atoms with van der Waals surface area (Å²) in [6.45, 7) is 8.31. The van der Waals surface area contributed by atoms with Gasteiger partial charge in [0.15, 0.2) is 0 Å². The molecule has 0 spiro atoms. The zero-order valence-electron chi connectivity index (χ0n) is 12.6. The maximum absolute atomic E-state index is 5.73. The molecule has 0 fully saturated rings. The maximum atomic E-state index is 5.73. The zero-order valence-corrected chi connectivity index (χ0v) is 15.7. The molecule has 0 aliphatic carbocycles. The third kappa shape index (κ3) is 4.31. The Hall–Kier alpha value is -1.39. The van der Waals surface area contributed by atoms with E-state index in [1.165, 1.54) is 11.1 Å². The second kappa shape index (κ2) is 7.75. The minimum Gasteiger partial charge on any atom is -0.488 e. The summed E-state index contributed by atoms with van der Waals surface area (Å²) in [6.07, 6.45) is 3.54. The Kier molecular flexibility index (Phi) is 5.98. The fraction of sp³-hybridized carbons (Fsp3) is 0.167. The third-order valence-electron chi connectivity index (χ3n) is 3.23. The van der Waals surface area contributed by atoms with Crippen LogP contribution in [0.1, 0.15) is 16.7 Å². The summed E-state index contributed by atoms with van der Waals surface area (Å²) in [5, 5.41) is 0. The molecule has 0 aliphatic rings. The van der Waals surface area contributed by atoms with E-state index in [1.54, 1.807) is 6.08 Å². The molecule has 114 valence electrons. The highest BCUT2D eigenvalue weighted by Gasteiger charge is 2.08. The summed E-state index contributed by atoms with van der Waals surface area (Å²) in [5.41, 5.74) is 4.32. The second-order valence-electron chi connectivity index (χ2n) is 4.93. The lowest BCUT2D eigenvalue weighted by atomic mass is 10.1. The number of hydrogen-bond acceptors (Lipinski definition) is 2. The number of aryl methyl sites for hydroxylation is 2. The topological polar surface area (TPSA) is 21.6 Å². The molecule has 0 atom stereocenters. The van der Waals surface area contributed by atoms with Crippen molar-refractivity contribution in [1.29, 1.82) is 0 Å². The molecule has 0 aromatic heterocycles. The van der Waals surface area contributed by atoms with Crippen LogP contribution in [0.3, 0.4) is 0 Å². The monoisotopic (exact) mass is 421 g/mol. The van der Waals surface area contributed by atoms with Crippen LogP contribution in [-0.2, 0) is 0 Å². The smallest absolute Gasteiger partial charge is 0.142 e. The van der Waals surface area contributed by atoms with Crippen molar-refractivity contribution in [2.75, 3.05) is 6.61 Å². The van der Waals surface area contributed by atoms with Crippen molar-refractivity contribution >= 4 is 43.8 Å². The minimum atomic E-state index is 0.449. The van der Waals surface area contributed by atoms with Crippen LogP contribution >= 0.6 is 31.9 Å². The van der Waals surface area contributed by atoms with Gasteiger partial charge in [0, 0.05) is 16.3 Å². The molecular weight excluding hydrogens is 406 g/mol. The first-order valence-electron chi connectivity index (χ1n) is 6.85. The average Bonchev–Trinajstić information content (AvgIpc) is 2.47. The van der Waals surface area contributed by atoms with Crippen LogP contribution in [0.15, 0.2) is 56.9 Å². The van der Waals surface area contributed by atoms with Gasteiger partial charge in [-0.25, -0.2) is 0 Å². The Labute approximate surface area is 148 Å². The molecule has 2 rings (SSSR count). The van der Waals surface area contributed by atoms with Crippen LogP contribution in [0, 0.1) is 13.8 Å². The van der Waals surface area contributed by atoms with Crippen LogP contribution < -0.4 is 4.74 Å². The number of aliphatic imine (C=N–C) groups is 1. The Balaban J connectivity index is 2.36. The molecule has 0 saturated carbocycles. The van der Waals surface area contributed by atoms with Crippen molar-refractivity contribution in [3.05, 3.63) is 68.6 Å². The van der Waals surface area contributed by atoms with Crippen LogP contribution in [0.4, 0.5) is 5.69 Å². The largest absolute Gasteiger partial charge is 0.488 e. The fourth-order valence-electron chi connectivity index (χ4n) is 1.92. The second-order valence-corrected chi connectivity index (χ2v) is 6.70. The molecule has 0 unspecified atom stereocenters. The van der Waals surface area contributed by atoms with Gasteiger partial charge in [0.1, 0.15) is 12.4 Å². The zero-order chi connectivity index (χ0) is 16.1. The molecule has 0 amide bonds. The molecule has 0 radical (unpaired) electrons. The van der Waals surface area contributed by atoms with Gasteiger partial charge in [0.25, 0.3) is 0 Å². The number of nitrogens with zero attached hydrogens (tertiary/aromatic N) is 1. The van der Waals surface area contributed by atoms with Gasteiger partial charge < -0.3 is 4.74 Å². The van der Waals surface area contributed by atoms with Crippen LogP contribution in [0.25, 0.3) is 0 Å². The molecule has 4 heteroatoms. The highest BCUT2D eigenvalue weighted by molar-refractivity contribution is 9.11. The van der Waals surface area contributed by atoms with E-state index in [0.717, 1.165) is 25.9 Å². The van der Waals surface area contributed by atoms with Crippen LogP contribution in [0.2, 0.25) is 0 Å². The van der Waals surface area contributed by atoms with Crippen molar-refractivity contribution in [3.8, 4) is 5.75 Å². The number of hydrogen-bond donors (Lipinski definition) is 0. The van der Waals surface area contributed by atoms with Gasteiger partial charge in [-0.1, -0.05) is 34.7 Å². The van der Waals surface area contributed by atoms with E-state index in [9.17, 15) is 0 Å². The Morgan fingerprint density at radius 3 is 2.59 bits per heavy atom. The van der Waals surface area contributed by atoms with E-state index < -0.39 is 0 Å². The number of benzene rings is 2. The first kappa shape index (κ1) is 17.0. The molecular formula is C18H17Br2NO. The molecule has 0 N–H and O–H groups in total. The van der Waals surface area contributed by atoms with Crippen molar-refractivity contribution in [1.82, 2.24) is 0 Å². The van der Waals surface area contributed by atoms with Crippen LogP contribution in [0.5, 0.6) is 5.75 Å². The number of ether oxygens (including phenoxy) is 1. The average molecular weight is 423 g/mol. The molecule has 2 nitrogen and oxygen atoms in total. The van der Waals surface area contributed by atoms with E-state index in [2.05, 4.69) is 69.4 Å². The molecule has 0 saturated heterocycles. The lowest BCUT2D eigenvalue weighted by Crippen LogP contribution is -1.98. The fourth-order valence-corrected chi connectivity index (χ4v) is 3.29. The highest BCUT2D eigenvalue weighted by atomic mass is 79.9. The normalized spacial score (nSPS) is 10.9. The minimum absolute atomic E-state index is 0.449. The van der Waals surface area contributed by atoms with Gasteiger partial charge in [-0.3, -0.25) is 4.99 Å². The van der Waals surface area contributed by atoms with E-state index in [0.29, 0.717) is 6.61 Å². The summed E-state index contributed by atoms with van der Waals surface area (Å²) in [7, 11) is 0. The molecule has 22 heavy (non-hydrogen) atoms. The first-order valence-corrected chi connectivity index (χ1v) is 8.44. The Morgan fingerprint density at radius 1 is 1.14 bits per heavy atom. The van der Waals surface area contributed by atoms with Crippen molar-refractivity contribution < 1.29 is 4.74 Å². The van der Waals surface area contributed by atoms with E-state index in [4.69, 9.17) is 4.74 Å². The summed E-state index contributed by atoms with van der Waals surface area (Å²) in [5.74, 6) is 0.760. The SMILES string of the molecule is C=CCOc1c(Br)cc(Br)cc1C=Nc1ccc(C)c(C)c1. The molecule has 0 heterocycles. The molecule has 0 bridgehead atoms. The Bertz CT molecular complexity index is 723. The van der Waals surface area contributed by atoms with E-state index in [-0.39, 0.29) is 0 Å². The van der Waals surface area contributed by atoms with Gasteiger partial charge >= 0.3 is 0 Å². The lowest BCUT2D eigenvalue weighted by Gasteiger charge is -2.10. The van der Waals surface area contributed by atoms with Crippen molar-refractivity contribution in [2.24, 2.45) is 4.99 Å². The Morgan fingerprint density at radius 2 is 1.91 bits per heavy atom. The molecule has 2 aromatic carbocycles. The van der Waals surface area contributed by atoms with Crippen molar-refractivity contribution in [3.63, 3.8) is 0 Å². The van der Waals surface area contributed by atoms with E-state index >= 15 is 0 Å². The number of halogens is 2. The lowest BCUT2D eigenvalue weighted by molar-refractivity contribution is 0.360. The van der Waals surface area contributed by atoms with Crippen molar-refractivity contribution in [2.45, 2.75) is 13.8 Å². The summed E-state index contributed by atoms with van der Waals surface area (Å²) >= 11 is 7.02. The third-order valence-corrected chi connectivity index (χ3v) is 4.27. The molecule has 0 aliphatic heterocycles. The summed E-state index contributed by atoms with van der Waals surface area (Å²) in [4.78, 5) is 4.56. The van der Waals surface area contributed by atoms with Gasteiger partial charge in [-0.2, -0.15) is 0 Å². The first-order chi connectivity index (χ1) is 10.5. The highest BCUT2D eigenvalue weighted by Crippen LogP contribution is 2.32. The van der Waals surface area contributed by atoms with Gasteiger partial charge in [0.2, 0.25) is 0 Å². The predicted octanol–water partition coefficient (Wildman–Crippen LogP) is 6.14. The van der Waals surface area contributed by atoms with E-state index in [1.807, 2.05) is 24.4 Å². The number of rotatable bonds is 5. The van der Waals surface area contributed by atoms with Crippen LogP contribution in [-0.4, -0.2) is 12.8 Å². The van der Waals surface area contributed by atoms with Gasteiger partial charge in [-0.05, 0) is 65.2 Å². The quantitative estimate of drug-likeness (QED) is 0.418. The predicted molar refractivity (Wildman–Crippen MR) is 101 cm³/mol. The van der Waals surface area contributed by atoms with Gasteiger partial charge in [-0.15, -0.1) is 0 Å².